The van der Waals surface area contributed by atoms with Crippen molar-refractivity contribution in [2.45, 2.75) is 19.5 Å². The molecule has 1 rings (SSSR count). The zero-order valence-electron chi connectivity index (χ0n) is 11.0. The van der Waals surface area contributed by atoms with Crippen LogP contribution in [0.1, 0.15) is 19.0 Å². The van der Waals surface area contributed by atoms with E-state index in [4.69, 9.17) is 0 Å². The molecule has 0 aromatic carbocycles. The molecule has 0 unspecified atom stereocenters. The fourth-order valence-corrected chi connectivity index (χ4v) is 1.23. The highest BCUT2D eigenvalue weighted by atomic mass is 19.4. The number of nitrogens with one attached hydrogen (secondary N) is 2. The van der Waals surface area contributed by atoms with E-state index in [0.717, 1.165) is 6.07 Å². The van der Waals surface area contributed by atoms with Gasteiger partial charge in [0, 0.05) is 12.6 Å². The zero-order chi connectivity index (χ0) is 15.2. The summed E-state index contributed by atoms with van der Waals surface area (Å²) in [4.78, 5) is 18.2. The number of methoxy groups -OCH3 is 1. The van der Waals surface area contributed by atoms with Gasteiger partial charge in [-0.25, -0.2) is 4.98 Å². The normalized spacial score (nSPS) is 11.1. The molecule has 0 amide bonds. The molecule has 0 bridgehead atoms. The van der Waals surface area contributed by atoms with Crippen LogP contribution in [0.5, 0.6) is 0 Å². The number of aromatic nitrogens is 2. The average Bonchev–Trinajstić information content (AvgIpc) is 2.41. The largest absolute Gasteiger partial charge is 0.468 e. The van der Waals surface area contributed by atoms with Gasteiger partial charge in [0.25, 0.3) is 0 Å². The maximum absolute atomic E-state index is 12.7. The molecule has 0 radical (unpaired) electrons. The Balaban J connectivity index is 2.94. The van der Waals surface area contributed by atoms with Crippen molar-refractivity contribution in [1.82, 2.24) is 9.97 Å². The van der Waals surface area contributed by atoms with Crippen molar-refractivity contribution in [3.05, 3.63) is 11.8 Å². The van der Waals surface area contributed by atoms with Crippen molar-refractivity contribution in [2.24, 2.45) is 0 Å². The number of carbonyl (C=O) groups excluding carboxylic acids is 1. The average molecular weight is 292 g/mol. The van der Waals surface area contributed by atoms with Gasteiger partial charge in [-0.2, -0.15) is 18.2 Å². The third-order valence-electron chi connectivity index (χ3n) is 2.19. The maximum atomic E-state index is 12.7. The first-order chi connectivity index (χ1) is 9.36. The van der Waals surface area contributed by atoms with Crippen molar-refractivity contribution in [3.8, 4) is 0 Å². The Kier molecular flexibility index (Phi) is 5.53. The summed E-state index contributed by atoms with van der Waals surface area (Å²) in [6.07, 6.45) is -3.88. The van der Waals surface area contributed by atoms with Crippen LogP contribution < -0.4 is 10.6 Å². The molecule has 0 aliphatic rings. The molecule has 0 fully saturated rings. The van der Waals surface area contributed by atoms with E-state index in [1.807, 2.05) is 6.92 Å². The summed E-state index contributed by atoms with van der Waals surface area (Å²) in [5.74, 6) is -0.856. The van der Waals surface area contributed by atoms with Crippen LogP contribution in [0.3, 0.4) is 0 Å². The lowest BCUT2D eigenvalue weighted by atomic mass is 10.3. The highest BCUT2D eigenvalue weighted by molar-refractivity contribution is 5.74. The van der Waals surface area contributed by atoms with Crippen LogP contribution in [0.4, 0.5) is 24.9 Å². The van der Waals surface area contributed by atoms with Gasteiger partial charge in [0.1, 0.15) is 12.4 Å². The highest BCUT2D eigenvalue weighted by Crippen LogP contribution is 2.29. The first kappa shape index (κ1) is 16.0. The third-order valence-corrected chi connectivity index (χ3v) is 2.19. The summed E-state index contributed by atoms with van der Waals surface area (Å²) in [5, 5.41) is 5.13. The lowest BCUT2D eigenvalue weighted by molar-refractivity contribution is -0.141. The number of hydrogen-bond acceptors (Lipinski definition) is 6. The standard InChI is InChI=1S/C11H15F3N4O2/c1-3-4-15-10-17-7(11(12,13)14)5-8(18-10)16-6-9(19)20-2/h5H,3-4,6H2,1-2H3,(H2,15,16,17,18). The second-order valence-corrected chi connectivity index (χ2v) is 3.82. The van der Waals surface area contributed by atoms with Crippen LogP contribution in [0.25, 0.3) is 0 Å². The predicted molar refractivity (Wildman–Crippen MR) is 66.3 cm³/mol. The molecule has 9 heteroatoms. The van der Waals surface area contributed by atoms with E-state index in [1.54, 1.807) is 0 Å². The number of esters is 1. The van der Waals surface area contributed by atoms with Crippen molar-refractivity contribution >= 4 is 17.7 Å². The third kappa shape index (κ3) is 4.90. The van der Waals surface area contributed by atoms with Gasteiger partial charge in [0.2, 0.25) is 5.95 Å². The van der Waals surface area contributed by atoms with E-state index in [2.05, 4.69) is 25.3 Å². The minimum Gasteiger partial charge on any atom is -0.468 e. The van der Waals surface area contributed by atoms with E-state index >= 15 is 0 Å². The number of nitrogens with zero attached hydrogens (tertiary/aromatic N) is 2. The molecule has 2 N–H and O–H groups in total. The number of anilines is 2. The van der Waals surface area contributed by atoms with Crippen LogP contribution in [0, 0.1) is 0 Å². The van der Waals surface area contributed by atoms with Gasteiger partial charge in [-0.3, -0.25) is 4.79 Å². The zero-order valence-corrected chi connectivity index (χ0v) is 11.0. The molecule has 112 valence electrons. The van der Waals surface area contributed by atoms with Crippen LogP contribution in [-0.4, -0.2) is 36.1 Å². The van der Waals surface area contributed by atoms with Crippen LogP contribution in [-0.2, 0) is 15.7 Å². The van der Waals surface area contributed by atoms with E-state index in [-0.39, 0.29) is 18.3 Å². The van der Waals surface area contributed by atoms with Gasteiger partial charge >= 0.3 is 12.1 Å². The Morgan fingerprint density at radius 1 is 1.35 bits per heavy atom. The minimum atomic E-state index is -4.59. The second-order valence-electron chi connectivity index (χ2n) is 3.82. The van der Waals surface area contributed by atoms with Crippen molar-refractivity contribution in [3.63, 3.8) is 0 Å². The molecule has 6 nitrogen and oxygen atoms in total. The van der Waals surface area contributed by atoms with Gasteiger partial charge in [0.05, 0.1) is 7.11 Å². The first-order valence-corrected chi connectivity index (χ1v) is 5.87. The van der Waals surface area contributed by atoms with E-state index < -0.39 is 17.8 Å². The lowest BCUT2D eigenvalue weighted by Crippen LogP contribution is -2.18. The number of ether oxygens (including phenoxy) is 1. The predicted octanol–water partition coefficient (Wildman–Crippen LogP) is 1.90. The topological polar surface area (TPSA) is 76.1 Å². The SMILES string of the molecule is CCCNc1nc(NCC(=O)OC)cc(C(F)(F)F)n1. The Morgan fingerprint density at radius 2 is 2.05 bits per heavy atom. The van der Waals surface area contributed by atoms with Gasteiger partial charge < -0.3 is 15.4 Å². The molecule has 0 aliphatic heterocycles. The smallest absolute Gasteiger partial charge is 0.433 e. The quantitative estimate of drug-likeness (QED) is 0.780. The molecule has 20 heavy (non-hydrogen) atoms. The van der Waals surface area contributed by atoms with Gasteiger partial charge in [0.15, 0.2) is 5.69 Å². The summed E-state index contributed by atoms with van der Waals surface area (Å²) in [6.45, 7) is 2.02. The molecule has 1 aromatic heterocycles. The van der Waals surface area contributed by atoms with Crippen LogP contribution in [0.15, 0.2) is 6.07 Å². The van der Waals surface area contributed by atoms with Crippen molar-refractivity contribution < 1.29 is 22.7 Å². The minimum absolute atomic E-state index is 0.101. The molecular formula is C11H15F3N4O2. The summed E-state index contributed by atoms with van der Waals surface area (Å²) in [7, 11) is 1.18. The molecule has 1 heterocycles. The highest BCUT2D eigenvalue weighted by Gasteiger charge is 2.33. The molecule has 0 atom stereocenters. The molecule has 0 saturated heterocycles. The number of alkyl halides is 3. The lowest BCUT2D eigenvalue weighted by Gasteiger charge is -2.12. The van der Waals surface area contributed by atoms with Gasteiger partial charge in [-0.05, 0) is 6.42 Å². The van der Waals surface area contributed by atoms with Gasteiger partial charge in [-0.15, -0.1) is 0 Å². The Bertz CT molecular complexity index is 465. The Labute approximate surface area is 113 Å². The van der Waals surface area contributed by atoms with E-state index in [1.165, 1.54) is 7.11 Å². The summed E-state index contributed by atoms with van der Waals surface area (Å²) in [6, 6.07) is 0.736. The monoisotopic (exact) mass is 292 g/mol. The second kappa shape index (κ2) is 6.92. The molecular weight excluding hydrogens is 277 g/mol. The molecule has 0 spiro atoms. The first-order valence-electron chi connectivity index (χ1n) is 5.87. The Hall–Kier alpha value is -2.06. The molecule has 1 aromatic rings. The number of halogens is 3. The van der Waals surface area contributed by atoms with E-state index in [0.29, 0.717) is 13.0 Å². The summed E-state index contributed by atoms with van der Waals surface area (Å²) in [5.41, 5.74) is -1.08. The van der Waals surface area contributed by atoms with Crippen molar-refractivity contribution in [2.75, 3.05) is 30.8 Å². The maximum Gasteiger partial charge on any atom is 0.433 e. The van der Waals surface area contributed by atoms with Crippen molar-refractivity contribution in [1.29, 1.82) is 0 Å². The summed E-state index contributed by atoms with van der Waals surface area (Å²) >= 11 is 0. The van der Waals surface area contributed by atoms with Crippen LogP contribution in [0.2, 0.25) is 0 Å². The number of hydrogen-bond donors (Lipinski definition) is 2. The molecule has 0 aliphatic carbocycles. The summed E-state index contributed by atoms with van der Waals surface area (Å²) < 4.78 is 42.5. The Morgan fingerprint density at radius 3 is 2.60 bits per heavy atom. The molecule has 0 saturated carbocycles. The van der Waals surface area contributed by atoms with Gasteiger partial charge in [-0.1, -0.05) is 6.92 Å². The van der Waals surface area contributed by atoms with Crippen LogP contribution >= 0.6 is 0 Å². The fourth-order valence-electron chi connectivity index (χ4n) is 1.23. The fraction of sp³-hybridized carbons (Fsp3) is 0.545. The van der Waals surface area contributed by atoms with E-state index in [9.17, 15) is 18.0 Å². The number of carbonyl (C=O) groups is 1. The number of rotatable bonds is 6.